The molecule has 2 atom stereocenters. The predicted molar refractivity (Wildman–Crippen MR) is 69.6 cm³/mol. The molecule has 1 aliphatic heterocycles. The quantitative estimate of drug-likeness (QED) is 0.746. The fourth-order valence-corrected chi connectivity index (χ4v) is 2.95. The molecule has 2 nitrogen and oxygen atoms in total. The minimum absolute atomic E-state index is 0.764. The summed E-state index contributed by atoms with van der Waals surface area (Å²) in [7, 11) is 0. The van der Waals surface area contributed by atoms with Crippen LogP contribution in [-0.4, -0.2) is 36.6 Å². The predicted octanol–water partition coefficient (Wildman–Crippen LogP) is 2.49. The lowest BCUT2D eigenvalue weighted by atomic mass is 10.1. The van der Waals surface area contributed by atoms with Gasteiger partial charge in [-0.15, -0.1) is 0 Å². The van der Waals surface area contributed by atoms with Crippen LogP contribution in [0.3, 0.4) is 0 Å². The third kappa shape index (κ3) is 3.46. The second-order valence-electron chi connectivity index (χ2n) is 6.22. The first-order valence-corrected chi connectivity index (χ1v) is 7.14. The zero-order chi connectivity index (χ0) is 11.5. The van der Waals surface area contributed by atoms with E-state index in [1.54, 1.807) is 0 Å². The highest BCUT2D eigenvalue weighted by Crippen LogP contribution is 2.35. The molecular formula is C14H28N2. The normalized spacial score (nSPS) is 27.9. The molecule has 1 N–H and O–H groups in total. The molecular weight excluding hydrogens is 196 g/mol. The molecule has 0 bridgehead atoms. The van der Waals surface area contributed by atoms with Crippen LogP contribution in [0.1, 0.15) is 46.5 Å². The van der Waals surface area contributed by atoms with Gasteiger partial charge in [0.1, 0.15) is 0 Å². The minimum Gasteiger partial charge on any atom is -0.313 e. The van der Waals surface area contributed by atoms with Gasteiger partial charge in [-0.3, -0.25) is 4.90 Å². The second kappa shape index (κ2) is 5.50. The van der Waals surface area contributed by atoms with E-state index in [0.29, 0.717) is 0 Å². The highest BCUT2D eigenvalue weighted by Gasteiger charge is 2.33. The average molecular weight is 224 g/mol. The summed E-state index contributed by atoms with van der Waals surface area (Å²) in [5, 5.41) is 3.63. The van der Waals surface area contributed by atoms with Crippen LogP contribution >= 0.6 is 0 Å². The maximum atomic E-state index is 3.63. The van der Waals surface area contributed by atoms with Crippen molar-refractivity contribution in [2.24, 2.45) is 11.8 Å². The van der Waals surface area contributed by atoms with E-state index in [1.165, 1.54) is 45.3 Å². The van der Waals surface area contributed by atoms with Crippen LogP contribution in [0.2, 0.25) is 0 Å². The van der Waals surface area contributed by atoms with Crippen molar-refractivity contribution >= 4 is 0 Å². The topological polar surface area (TPSA) is 15.3 Å². The SMILES string of the molecule is CC(C)CN(CC1CCCN1)C(C)C1CC1. The van der Waals surface area contributed by atoms with Gasteiger partial charge < -0.3 is 5.32 Å². The Morgan fingerprint density at radius 2 is 1.94 bits per heavy atom. The van der Waals surface area contributed by atoms with Gasteiger partial charge in [-0.05, 0) is 51.0 Å². The molecule has 0 aromatic rings. The highest BCUT2D eigenvalue weighted by molar-refractivity contribution is 4.88. The van der Waals surface area contributed by atoms with Crippen molar-refractivity contribution in [2.45, 2.75) is 58.5 Å². The lowest BCUT2D eigenvalue weighted by Crippen LogP contribution is -2.44. The number of nitrogens with one attached hydrogen (secondary N) is 1. The van der Waals surface area contributed by atoms with Gasteiger partial charge in [-0.2, -0.15) is 0 Å². The molecule has 1 saturated carbocycles. The molecule has 2 fully saturated rings. The molecule has 0 aromatic heterocycles. The lowest BCUT2D eigenvalue weighted by molar-refractivity contribution is 0.155. The Balaban J connectivity index is 1.84. The molecule has 2 heteroatoms. The molecule has 1 saturated heterocycles. The van der Waals surface area contributed by atoms with Gasteiger partial charge in [0.2, 0.25) is 0 Å². The van der Waals surface area contributed by atoms with Crippen molar-refractivity contribution in [3.63, 3.8) is 0 Å². The van der Waals surface area contributed by atoms with Crippen molar-refractivity contribution in [1.29, 1.82) is 0 Å². The number of rotatable bonds is 6. The molecule has 0 radical (unpaired) electrons. The van der Waals surface area contributed by atoms with E-state index in [4.69, 9.17) is 0 Å². The third-order valence-electron chi connectivity index (χ3n) is 4.10. The third-order valence-corrected chi connectivity index (χ3v) is 4.10. The molecule has 0 spiro atoms. The summed E-state index contributed by atoms with van der Waals surface area (Å²) in [6.07, 6.45) is 5.69. The molecule has 2 rings (SSSR count). The van der Waals surface area contributed by atoms with Crippen molar-refractivity contribution in [3.05, 3.63) is 0 Å². The van der Waals surface area contributed by atoms with E-state index in [2.05, 4.69) is 31.0 Å². The number of hydrogen-bond acceptors (Lipinski definition) is 2. The van der Waals surface area contributed by atoms with Gasteiger partial charge in [0, 0.05) is 25.2 Å². The summed E-state index contributed by atoms with van der Waals surface area (Å²) in [6, 6.07) is 1.57. The lowest BCUT2D eigenvalue weighted by Gasteiger charge is -2.33. The van der Waals surface area contributed by atoms with Crippen molar-refractivity contribution in [1.82, 2.24) is 10.2 Å². The number of hydrogen-bond donors (Lipinski definition) is 1. The van der Waals surface area contributed by atoms with E-state index in [0.717, 1.165) is 23.9 Å². The number of nitrogens with zero attached hydrogens (tertiary/aromatic N) is 1. The van der Waals surface area contributed by atoms with Gasteiger partial charge in [0.25, 0.3) is 0 Å². The first kappa shape index (κ1) is 12.4. The Kier molecular flexibility index (Phi) is 4.26. The molecule has 1 heterocycles. The molecule has 16 heavy (non-hydrogen) atoms. The molecule has 0 aromatic carbocycles. The molecule has 2 unspecified atom stereocenters. The van der Waals surface area contributed by atoms with Crippen molar-refractivity contribution in [3.8, 4) is 0 Å². The summed E-state index contributed by atoms with van der Waals surface area (Å²) in [4.78, 5) is 2.74. The summed E-state index contributed by atoms with van der Waals surface area (Å²) in [6.45, 7) is 10.9. The Bertz CT molecular complexity index is 205. The zero-order valence-electron chi connectivity index (χ0n) is 11.2. The molecule has 0 amide bonds. The Morgan fingerprint density at radius 3 is 2.44 bits per heavy atom. The van der Waals surface area contributed by atoms with E-state index >= 15 is 0 Å². The summed E-state index contributed by atoms with van der Waals surface area (Å²) in [5.74, 6) is 1.79. The zero-order valence-corrected chi connectivity index (χ0v) is 11.2. The van der Waals surface area contributed by atoms with Crippen LogP contribution in [0, 0.1) is 11.8 Å². The van der Waals surface area contributed by atoms with E-state index in [-0.39, 0.29) is 0 Å². The van der Waals surface area contributed by atoms with Crippen LogP contribution in [0.4, 0.5) is 0 Å². The van der Waals surface area contributed by atoms with Crippen LogP contribution in [-0.2, 0) is 0 Å². The van der Waals surface area contributed by atoms with Crippen LogP contribution in [0.25, 0.3) is 0 Å². The van der Waals surface area contributed by atoms with Gasteiger partial charge in [-0.1, -0.05) is 13.8 Å². The fraction of sp³-hybridized carbons (Fsp3) is 1.00. The minimum atomic E-state index is 0.764. The van der Waals surface area contributed by atoms with Crippen molar-refractivity contribution < 1.29 is 0 Å². The van der Waals surface area contributed by atoms with Crippen molar-refractivity contribution in [2.75, 3.05) is 19.6 Å². The fourth-order valence-electron chi connectivity index (χ4n) is 2.95. The summed E-state index contributed by atoms with van der Waals surface area (Å²) < 4.78 is 0. The first-order valence-electron chi connectivity index (χ1n) is 7.14. The second-order valence-corrected chi connectivity index (χ2v) is 6.22. The van der Waals surface area contributed by atoms with Gasteiger partial charge in [-0.25, -0.2) is 0 Å². The van der Waals surface area contributed by atoms with E-state index in [9.17, 15) is 0 Å². The standard InChI is InChI=1S/C14H28N2/c1-11(2)9-16(12(3)13-6-7-13)10-14-5-4-8-15-14/h11-15H,4-10H2,1-3H3. The van der Waals surface area contributed by atoms with Crippen LogP contribution in [0.5, 0.6) is 0 Å². The Morgan fingerprint density at radius 1 is 1.19 bits per heavy atom. The highest BCUT2D eigenvalue weighted by atomic mass is 15.2. The Labute approximate surface area is 101 Å². The monoisotopic (exact) mass is 224 g/mol. The Hall–Kier alpha value is -0.0800. The van der Waals surface area contributed by atoms with Crippen LogP contribution < -0.4 is 5.32 Å². The van der Waals surface area contributed by atoms with E-state index in [1.807, 2.05) is 0 Å². The maximum Gasteiger partial charge on any atom is 0.0195 e. The molecule has 1 aliphatic carbocycles. The first-order chi connectivity index (χ1) is 7.66. The summed E-state index contributed by atoms with van der Waals surface area (Å²) >= 11 is 0. The smallest absolute Gasteiger partial charge is 0.0195 e. The van der Waals surface area contributed by atoms with Gasteiger partial charge in [0.15, 0.2) is 0 Å². The van der Waals surface area contributed by atoms with E-state index < -0.39 is 0 Å². The molecule has 2 aliphatic rings. The largest absolute Gasteiger partial charge is 0.313 e. The van der Waals surface area contributed by atoms with Crippen LogP contribution in [0.15, 0.2) is 0 Å². The summed E-state index contributed by atoms with van der Waals surface area (Å²) in [5.41, 5.74) is 0. The average Bonchev–Trinajstić information content (AvgIpc) is 2.95. The van der Waals surface area contributed by atoms with Gasteiger partial charge in [0.05, 0.1) is 0 Å². The molecule has 94 valence electrons. The van der Waals surface area contributed by atoms with Gasteiger partial charge >= 0.3 is 0 Å². The maximum absolute atomic E-state index is 3.63.